The van der Waals surface area contributed by atoms with Crippen LogP contribution in [-0.4, -0.2) is 37.7 Å². The summed E-state index contributed by atoms with van der Waals surface area (Å²) in [7, 11) is 1.50. The first-order valence-electron chi connectivity index (χ1n) is 7.85. The molecule has 0 aliphatic rings. The molecular weight excluding hydrogens is 294 g/mol. The third kappa shape index (κ3) is 5.36. The molecule has 0 spiro atoms. The lowest BCUT2D eigenvalue weighted by Gasteiger charge is -2.22. The van der Waals surface area contributed by atoms with E-state index in [2.05, 4.69) is 17.4 Å². The Morgan fingerprint density at radius 2 is 1.74 bits per heavy atom. The van der Waals surface area contributed by atoms with Crippen molar-refractivity contribution in [1.82, 2.24) is 5.32 Å². The first-order chi connectivity index (χ1) is 10.8. The predicted octanol–water partition coefficient (Wildman–Crippen LogP) is 2.24. The zero-order valence-electron chi connectivity index (χ0n) is 14.9. The topological polar surface area (TPSA) is 64.6 Å². The molecule has 0 bridgehead atoms. The molecule has 0 heterocycles. The fourth-order valence-electron chi connectivity index (χ4n) is 2.61. The van der Waals surface area contributed by atoms with Crippen molar-refractivity contribution in [2.75, 3.05) is 13.7 Å². The molecule has 2 unspecified atom stereocenters. The standard InChI is InChI=1S/C18H27NO4/c1-7-23-18(21)17(14(5)22-6)19-16(20)10-15-12(3)8-11(2)9-13(15)4/h8-9,14,17H,7,10H2,1-6H3,(H,19,20). The van der Waals surface area contributed by atoms with E-state index in [1.165, 1.54) is 12.7 Å². The summed E-state index contributed by atoms with van der Waals surface area (Å²) in [5.74, 6) is -0.699. The molecule has 0 fully saturated rings. The van der Waals surface area contributed by atoms with Gasteiger partial charge in [0.25, 0.3) is 0 Å². The lowest BCUT2D eigenvalue weighted by molar-refractivity contribution is -0.151. The zero-order valence-corrected chi connectivity index (χ0v) is 14.9. The van der Waals surface area contributed by atoms with Crippen LogP contribution in [0.2, 0.25) is 0 Å². The maximum Gasteiger partial charge on any atom is 0.331 e. The normalized spacial score (nSPS) is 13.3. The molecule has 0 radical (unpaired) electrons. The number of hydrogen-bond donors (Lipinski definition) is 1. The second-order valence-electron chi connectivity index (χ2n) is 5.79. The molecule has 0 saturated heterocycles. The molecule has 128 valence electrons. The van der Waals surface area contributed by atoms with Gasteiger partial charge in [-0.2, -0.15) is 0 Å². The summed E-state index contributed by atoms with van der Waals surface area (Å²) < 4.78 is 10.2. The number of esters is 1. The number of ether oxygens (including phenoxy) is 2. The highest BCUT2D eigenvalue weighted by Gasteiger charge is 2.28. The third-order valence-electron chi connectivity index (χ3n) is 3.88. The molecule has 23 heavy (non-hydrogen) atoms. The van der Waals surface area contributed by atoms with Gasteiger partial charge in [-0.3, -0.25) is 4.79 Å². The number of benzene rings is 1. The van der Waals surface area contributed by atoms with E-state index in [9.17, 15) is 9.59 Å². The average molecular weight is 321 g/mol. The van der Waals surface area contributed by atoms with E-state index >= 15 is 0 Å². The Morgan fingerprint density at radius 1 is 1.17 bits per heavy atom. The summed E-state index contributed by atoms with van der Waals surface area (Å²) in [6.07, 6.45) is -0.234. The molecule has 1 aromatic rings. The van der Waals surface area contributed by atoms with Crippen molar-refractivity contribution in [2.45, 2.75) is 53.2 Å². The number of hydrogen-bond acceptors (Lipinski definition) is 4. The van der Waals surface area contributed by atoms with E-state index < -0.39 is 18.1 Å². The summed E-state index contributed by atoms with van der Waals surface area (Å²) in [5.41, 5.74) is 4.30. The van der Waals surface area contributed by atoms with Crippen molar-refractivity contribution in [2.24, 2.45) is 0 Å². The van der Waals surface area contributed by atoms with E-state index in [0.717, 1.165) is 16.7 Å². The van der Waals surface area contributed by atoms with Crippen LogP contribution in [0.3, 0.4) is 0 Å². The Kier molecular flexibility index (Phi) is 7.23. The summed E-state index contributed by atoms with van der Waals surface area (Å²) >= 11 is 0. The highest BCUT2D eigenvalue weighted by molar-refractivity contribution is 5.86. The molecule has 0 aromatic heterocycles. The van der Waals surface area contributed by atoms with Gasteiger partial charge in [0.1, 0.15) is 0 Å². The van der Waals surface area contributed by atoms with Crippen LogP contribution in [0, 0.1) is 20.8 Å². The Balaban J connectivity index is 2.86. The van der Waals surface area contributed by atoms with Crippen LogP contribution < -0.4 is 5.32 Å². The molecule has 2 atom stereocenters. The molecule has 0 aliphatic carbocycles. The van der Waals surface area contributed by atoms with Crippen molar-refractivity contribution < 1.29 is 19.1 Å². The van der Waals surface area contributed by atoms with E-state index in [1.54, 1.807) is 13.8 Å². The van der Waals surface area contributed by atoms with E-state index in [4.69, 9.17) is 9.47 Å². The minimum atomic E-state index is -0.807. The quantitative estimate of drug-likeness (QED) is 0.782. The first-order valence-corrected chi connectivity index (χ1v) is 7.85. The molecule has 0 aliphatic heterocycles. The lowest BCUT2D eigenvalue weighted by Crippen LogP contribution is -2.49. The minimum absolute atomic E-state index is 0.220. The summed E-state index contributed by atoms with van der Waals surface area (Å²) in [6, 6.07) is 3.30. The van der Waals surface area contributed by atoms with Crippen LogP contribution in [0.4, 0.5) is 0 Å². The van der Waals surface area contributed by atoms with Gasteiger partial charge >= 0.3 is 5.97 Å². The highest BCUT2D eigenvalue weighted by atomic mass is 16.5. The van der Waals surface area contributed by atoms with Crippen LogP contribution in [0.1, 0.15) is 36.1 Å². The van der Waals surface area contributed by atoms with Gasteiger partial charge < -0.3 is 14.8 Å². The second-order valence-corrected chi connectivity index (χ2v) is 5.79. The number of carbonyl (C=O) groups excluding carboxylic acids is 2. The number of methoxy groups -OCH3 is 1. The van der Waals surface area contributed by atoms with Crippen LogP contribution in [-0.2, 0) is 25.5 Å². The van der Waals surface area contributed by atoms with Crippen LogP contribution in [0.5, 0.6) is 0 Å². The fraction of sp³-hybridized carbons (Fsp3) is 0.556. The summed E-state index contributed by atoms with van der Waals surface area (Å²) in [5, 5.41) is 2.73. The molecule has 1 amide bonds. The van der Waals surface area contributed by atoms with Crippen LogP contribution in [0.25, 0.3) is 0 Å². The first kappa shape index (κ1) is 19.2. The second kappa shape index (κ2) is 8.67. The molecule has 5 heteroatoms. The van der Waals surface area contributed by atoms with Gasteiger partial charge in [-0.15, -0.1) is 0 Å². The number of rotatable bonds is 7. The van der Waals surface area contributed by atoms with E-state index in [1.807, 2.05) is 20.8 Å². The van der Waals surface area contributed by atoms with Gasteiger partial charge in [0.2, 0.25) is 5.91 Å². The average Bonchev–Trinajstić information content (AvgIpc) is 2.47. The molecule has 5 nitrogen and oxygen atoms in total. The Morgan fingerprint density at radius 3 is 2.22 bits per heavy atom. The van der Waals surface area contributed by atoms with Gasteiger partial charge in [-0.1, -0.05) is 17.7 Å². The number of aryl methyl sites for hydroxylation is 3. The lowest BCUT2D eigenvalue weighted by atomic mass is 9.97. The van der Waals surface area contributed by atoms with Crippen molar-refractivity contribution >= 4 is 11.9 Å². The Hall–Kier alpha value is -1.88. The van der Waals surface area contributed by atoms with Crippen molar-refractivity contribution in [1.29, 1.82) is 0 Å². The smallest absolute Gasteiger partial charge is 0.331 e. The van der Waals surface area contributed by atoms with Crippen molar-refractivity contribution in [3.8, 4) is 0 Å². The molecule has 1 N–H and O–H groups in total. The minimum Gasteiger partial charge on any atom is -0.464 e. The monoisotopic (exact) mass is 321 g/mol. The SMILES string of the molecule is CCOC(=O)C(NC(=O)Cc1c(C)cc(C)cc1C)C(C)OC. The van der Waals surface area contributed by atoms with Crippen LogP contribution >= 0.6 is 0 Å². The molecular formula is C18H27NO4. The number of carbonyl (C=O) groups is 2. The van der Waals surface area contributed by atoms with Crippen LogP contribution in [0.15, 0.2) is 12.1 Å². The highest BCUT2D eigenvalue weighted by Crippen LogP contribution is 2.17. The Labute approximate surface area is 138 Å². The maximum absolute atomic E-state index is 12.4. The fourth-order valence-corrected chi connectivity index (χ4v) is 2.61. The van der Waals surface area contributed by atoms with Crippen molar-refractivity contribution in [3.05, 3.63) is 34.4 Å². The third-order valence-corrected chi connectivity index (χ3v) is 3.88. The summed E-state index contributed by atoms with van der Waals surface area (Å²) in [4.78, 5) is 24.4. The van der Waals surface area contributed by atoms with E-state index in [-0.39, 0.29) is 18.9 Å². The molecule has 1 aromatic carbocycles. The van der Waals surface area contributed by atoms with Crippen molar-refractivity contribution in [3.63, 3.8) is 0 Å². The van der Waals surface area contributed by atoms with Gasteiger partial charge in [-0.25, -0.2) is 4.79 Å². The molecule has 0 saturated carbocycles. The molecule has 1 rings (SSSR count). The largest absolute Gasteiger partial charge is 0.464 e. The Bertz CT molecular complexity index is 545. The number of amides is 1. The van der Waals surface area contributed by atoms with Gasteiger partial charge in [0, 0.05) is 7.11 Å². The number of nitrogens with one attached hydrogen (secondary N) is 1. The maximum atomic E-state index is 12.4. The predicted molar refractivity (Wildman–Crippen MR) is 89.4 cm³/mol. The summed E-state index contributed by atoms with van der Waals surface area (Å²) in [6.45, 7) is 9.72. The van der Waals surface area contributed by atoms with Gasteiger partial charge in [-0.05, 0) is 51.3 Å². The van der Waals surface area contributed by atoms with E-state index in [0.29, 0.717) is 0 Å². The van der Waals surface area contributed by atoms with Gasteiger partial charge in [0.05, 0.1) is 19.1 Å². The van der Waals surface area contributed by atoms with Gasteiger partial charge in [0.15, 0.2) is 6.04 Å². The zero-order chi connectivity index (χ0) is 17.6.